The van der Waals surface area contributed by atoms with Crippen LogP contribution in [0.5, 0.6) is 11.5 Å². The number of para-hydroxylation sites is 4. The van der Waals surface area contributed by atoms with Crippen molar-refractivity contribution in [3.8, 4) is 11.5 Å². The van der Waals surface area contributed by atoms with Crippen molar-refractivity contribution in [2.75, 3.05) is 11.9 Å². The number of aromatic nitrogens is 1. The third-order valence-corrected chi connectivity index (χ3v) is 4.19. The Kier molecular flexibility index (Phi) is 4.39. The van der Waals surface area contributed by atoms with Gasteiger partial charge in [-0.2, -0.15) is 0 Å². The number of ketones is 1. The summed E-state index contributed by atoms with van der Waals surface area (Å²) in [5.74, 6) is 1.46. The van der Waals surface area contributed by atoms with Gasteiger partial charge in [0.15, 0.2) is 11.5 Å². The number of ether oxygens (including phenoxy) is 1. The minimum atomic E-state index is 0.0250. The third-order valence-electron chi connectivity index (χ3n) is 4.19. The van der Waals surface area contributed by atoms with Gasteiger partial charge >= 0.3 is 0 Å². The zero-order valence-electron chi connectivity index (χ0n) is 14.1. The summed E-state index contributed by atoms with van der Waals surface area (Å²) < 4.78 is 5.92. The van der Waals surface area contributed by atoms with Crippen molar-refractivity contribution in [2.24, 2.45) is 0 Å². The maximum atomic E-state index is 12.6. The lowest BCUT2D eigenvalue weighted by Crippen LogP contribution is -2.14. The van der Waals surface area contributed by atoms with E-state index in [2.05, 4.69) is 10.3 Å². The quantitative estimate of drug-likeness (QED) is 0.470. The summed E-state index contributed by atoms with van der Waals surface area (Å²) in [5, 5.41) is 4.14. The maximum Gasteiger partial charge on any atom is 0.184 e. The highest BCUT2D eigenvalue weighted by molar-refractivity contribution is 6.09. The molecule has 0 aliphatic carbocycles. The molecule has 0 bridgehead atoms. The van der Waals surface area contributed by atoms with Gasteiger partial charge in [0.25, 0.3) is 0 Å². The first-order chi connectivity index (χ1) is 12.8. The first-order valence-electron chi connectivity index (χ1n) is 8.46. The molecule has 0 saturated carbocycles. The summed E-state index contributed by atoms with van der Waals surface area (Å²) in [6, 6.07) is 25.0. The van der Waals surface area contributed by atoms with Crippen molar-refractivity contribution in [1.82, 2.24) is 4.98 Å². The molecule has 4 heteroatoms. The van der Waals surface area contributed by atoms with E-state index >= 15 is 0 Å². The zero-order valence-corrected chi connectivity index (χ0v) is 14.1. The summed E-state index contributed by atoms with van der Waals surface area (Å²) in [7, 11) is 0. The Morgan fingerprint density at radius 3 is 2.50 bits per heavy atom. The van der Waals surface area contributed by atoms with E-state index < -0.39 is 0 Å². The number of carbonyl (C=O) groups is 1. The second kappa shape index (κ2) is 7.15. The van der Waals surface area contributed by atoms with Gasteiger partial charge in [0.1, 0.15) is 5.75 Å². The molecular formula is C22H18N2O2. The van der Waals surface area contributed by atoms with Crippen molar-refractivity contribution in [3.63, 3.8) is 0 Å². The molecule has 0 unspecified atom stereocenters. The van der Waals surface area contributed by atoms with Gasteiger partial charge in [0, 0.05) is 22.7 Å². The van der Waals surface area contributed by atoms with Crippen LogP contribution < -0.4 is 10.1 Å². The summed E-state index contributed by atoms with van der Waals surface area (Å²) in [6.45, 7) is 0.191. The average Bonchev–Trinajstić information content (AvgIpc) is 3.12. The Morgan fingerprint density at radius 2 is 1.62 bits per heavy atom. The van der Waals surface area contributed by atoms with Crippen LogP contribution in [0.1, 0.15) is 10.4 Å². The Bertz CT molecular complexity index is 1040. The predicted molar refractivity (Wildman–Crippen MR) is 104 cm³/mol. The molecule has 0 aliphatic heterocycles. The highest BCUT2D eigenvalue weighted by atomic mass is 16.5. The van der Waals surface area contributed by atoms with E-state index in [1.807, 2.05) is 78.9 Å². The molecule has 2 N–H and O–H groups in total. The normalized spacial score (nSPS) is 10.6. The molecule has 0 aliphatic rings. The zero-order chi connectivity index (χ0) is 17.8. The number of hydrogen-bond donors (Lipinski definition) is 2. The molecule has 3 aromatic carbocycles. The molecule has 26 heavy (non-hydrogen) atoms. The molecular weight excluding hydrogens is 324 g/mol. The van der Waals surface area contributed by atoms with Crippen molar-refractivity contribution in [1.29, 1.82) is 0 Å². The molecule has 0 radical (unpaired) electrons. The largest absolute Gasteiger partial charge is 0.455 e. The van der Waals surface area contributed by atoms with Crippen molar-refractivity contribution < 1.29 is 9.53 Å². The van der Waals surface area contributed by atoms with Crippen LogP contribution in [0.3, 0.4) is 0 Å². The number of hydrogen-bond acceptors (Lipinski definition) is 3. The van der Waals surface area contributed by atoms with Gasteiger partial charge in [0.2, 0.25) is 0 Å². The van der Waals surface area contributed by atoms with Crippen LogP contribution in [0.4, 0.5) is 5.69 Å². The number of Topliss-reactive ketones (excluding diaryl/α,β-unsaturated/α-hetero) is 1. The van der Waals surface area contributed by atoms with Gasteiger partial charge in [-0.1, -0.05) is 48.5 Å². The molecule has 0 atom stereocenters. The molecule has 4 nitrogen and oxygen atoms in total. The molecule has 0 amide bonds. The SMILES string of the molecule is O=C(CNc1ccccc1Oc1ccccc1)c1c[nH]c2ccccc12. The molecule has 1 aromatic heterocycles. The topological polar surface area (TPSA) is 54.1 Å². The van der Waals surface area contributed by atoms with Gasteiger partial charge in [-0.3, -0.25) is 4.79 Å². The standard InChI is InChI=1S/C22H18N2O2/c25-21(18-14-23-19-11-5-4-10-17(18)19)15-24-20-12-6-7-13-22(20)26-16-8-2-1-3-9-16/h1-14,23-24H,15H2. The first kappa shape index (κ1) is 16.0. The molecule has 128 valence electrons. The van der Waals surface area contributed by atoms with Crippen LogP contribution in [-0.2, 0) is 0 Å². The van der Waals surface area contributed by atoms with E-state index in [0.29, 0.717) is 11.3 Å². The summed E-state index contributed by atoms with van der Waals surface area (Å²) in [6.07, 6.45) is 1.76. The van der Waals surface area contributed by atoms with Crippen LogP contribution in [-0.4, -0.2) is 17.3 Å². The van der Waals surface area contributed by atoms with Crippen LogP contribution in [0.15, 0.2) is 85.1 Å². The Balaban J connectivity index is 1.50. The molecule has 4 aromatic rings. The number of fused-ring (bicyclic) bond motifs is 1. The fourth-order valence-corrected chi connectivity index (χ4v) is 2.89. The predicted octanol–water partition coefficient (Wildman–Crippen LogP) is 5.26. The lowest BCUT2D eigenvalue weighted by molar-refractivity contribution is 0.101. The number of aromatic amines is 1. The number of anilines is 1. The molecule has 0 spiro atoms. The fraction of sp³-hybridized carbons (Fsp3) is 0.0455. The Hall–Kier alpha value is -3.53. The average molecular weight is 342 g/mol. The van der Waals surface area contributed by atoms with Crippen LogP contribution in [0.2, 0.25) is 0 Å². The second-order valence-corrected chi connectivity index (χ2v) is 5.94. The maximum absolute atomic E-state index is 12.6. The van der Waals surface area contributed by atoms with Gasteiger partial charge in [-0.05, 0) is 30.3 Å². The van der Waals surface area contributed by atoms with Crippen molar-refractivity contribution >= 4 is 22.4 Å². The third kappa shape index (κ3) is 3.30. The summed E-state index contributed by atoms with van der Waals surface area (Å²) in [4.78, 5) is 15.8. The van der Waals surface area contributed by atoms with E-state index in [1.54, 1.807) is 6.20 Å². The van der Waals surface area contributed by atoms with Crippen molar-refractivity contribution in [2.45, 2.75) is 0 Å². The highest BCUT2D eigenvalue weighted by Crippen LogP contribution is 2.29. The van der Waals surface area contributed by atoms with E-state index in [-0.39, 0.29) is 12.3 Å². The van der Waals surface area contributed by atoms with Crippen LogP contribution >= 0.6 is 0 Å². The smallest absolute Gasteiger partial charge is 0.184 e. The van der Waals surface area contributed by atoms with Crippen LogP contribution in [0.25, 0.3) is 10.9 Å². The van der Waals surface area contributed by atoms with Gasteiger partial charge in [0.05, 0.1) is 12.2 Å². The molecule has 1 heterocycles. The lowest BCUT2D eigenvalue weighted by Gasteiger charge is -2.12. The number of carbonyl (C=O) groups excluding carboxylic acids is 1. The monoisotopic (exact) mass is 342 g/mol. The van der Waals surface area contributed by atoms with Gasteiger partial charge in [-0.25, -0.2) is 0 Å². The van der Waals surface area contributed by atoms with E-state index in [0.717, 1.165) is 22.3 Å². The van der Waals surface area contributed by atoms with E-state index in [9.17, 15) is 4.79 Å². The molecule has 0 saturated heterocycles. The minimum absolute atomic E-state index is 0.0250. The number of benzene rings is 3. The number of nitrogens with one attached hydrogen (secondary N) is 2. The Morgan fingerprint density at radius 1 is 0.885 bits per heavy atom. The highest BCUT2D eigenvalue weighted by Gasteiger charge is 2.12. The first-order valence-corrected chi connectivity index (χ1v) is 8.46. The van der Waals surface area contributed by atoms with Crippen LogP contribution in [0, 0.1) is 0 Å². The molecule has 0 fully saturated rings. The molecule has 4 rings (SSSR count). The number of H-pyrrole nitrogens is 1. The van der Waals surface area contributed by atoms with Gasteiger partial charge < -0.3 is 15.0 Å². The Labute approximate surface area is 151 Å². The lowest BCUT2D eigenvalue weighted by atomic mass is 10.1. The second-order valence-electron chi connectivity index (χ2n) is 5.94. The number of rotatable bonds is 6. The van der Waals surface area contributed by atoms with Gasteiger partial charge in [-0.15, -0.1) is 0 Å². The van der Waals surface area contributed by atoms with E-state index in [1.165, 1.54) is 0 Å². The van der Waals surface area contributed by atoms with Crippen molar-refractivity contribution in [3.05, 3.63) is 90.6 Å². The summed E-state index contributed by atoms with van der Waals surface area (Å²) >= 11 is 0. The van der Waals surface area contributed by atoms with E-state index in [4.69, 9.17) is 4.74 Å². The summed E-state index contributed by atoms with van der Waals surface area (Å²) in [5.41, 5.74) is 2.43. The minimum Gasteiger partial charge on any atom is -0.455 e. The fourth-order valence-electron chi connectivity index (χ4n) is 2.89.